The summed E-state index contributed by atoms with van der Waals surface area (Å²) >= 11 is 0. The molecule has 0 amide bonds. The van der Waals surface area contributed by atoms with Gasteiger partial charge in [0, 0.05) is 13.8 Å². The predicted molar refractivity (Wildman–Crippen MR) is 85.5 cm³/mol. The molecule has 23 heavy (non-hydrogen) atoms. The fourth-order valence-corrected chi connectivity index (χ4v) is 2.40. The van der Waals surface area contributed by atoms with E-state index in [2.05, 4.69) is 0 Å². The molecule has 0 aliphatic carbocycles. The van der Waals surface area contributed by atoms with Gasteiger partial charge in [0.05, 0.1) is 0 Å². The van der Waals surface area contributed by atoms with Gasteiger partial charge in [-0.15, -0.1) is 0 Å². The van der Waals surface area contributed by atoms with Gasteiger partial charge in [-0.3, -0.25) is 9.59 Å². The third-order valence-corrected chi connectivity index (χ3v) is 3.34. The third-order valence-electron chi connectivity index (χ3n) is 3.34. The Kier molecular flexibility index (Phi) is 4.42. The number of carbonyl (C=O) groups excluding carboxylic acids is 2. The zero-order chi connectivity index (χ0) is 17.4. The molecule has 0 fully saturated rings. The van der Waals surface area contributed by atoms with Gasteiger partial charge in [-0.1, -0.05) is 6.07 Å². The van der Waals surface area contributed by atoms with E-state index < -0.39 is 23.3 Å². The lowest BCUT2D eigenvalue weighted by molar-refractivity contribution is -0.161. The average Bonchev–Trinajstić information content (AvgIpc) is 2.66. The Labute approximate surface area is 136 Å². The molecule has 0 saturated carbocycles. The monoisotopic (exact) mass is 320 g/mol. The van der Waals surface area contributed by atoms with Crippen molar-refractivity contribution in [3.63, 3.8) is 0 Å². The summed E-state index contributed by atoms with van der Waals surface area (Å²) < 4.78 is 16.7. The first kappa shape index (κ1) is 17.3. The molecule has 2 rings (SSSR count). The number of fused-ring (bicyclic) bond motifs is 1. The van der Waals surface area contributed by atoms with Crippen molar-refractivity contribution in [1.82, 2.24) is 0 Å². The molecular weight excluding hydrogens is 296 g/mol. The van der Waals surface area contributed by atoms with E-state index in [1.165, 1.54) is 6.92 Å². The highest BCUT2D eigenvalue weighted by Crippen LogP contribution is 2.39. The van der Waals surface area contributed by atoms with Crippen molar-refractivity contribution in [3.8, 4) is 11.5 Å². The Morgan fingerprint density at radius 1 is 1.17 bits per heavy atom. The van der Waals surface area contributed by atoms with E-state index in [-0.39, 0.29) is 12.2 Å². The lowest BCUT2D eigenvalue weighted by Gasteiger charge is -2.23. The second-order valence-corrected chi connectivity index (χ2v) is 7.29. The molecule has 0 spiro atoms. The largest absolute Gasteiger partial charge is 0.459 e. The molecule has 0 unspecified atom stereocenters. The smallest absolute Gasteiger partial charge is 0.317 e. The van der Waals surface area contributed by atoms with E-state index in [1.54, 1.807) is 26.8 Å². The number of hydrogen-bond acceptors (Lipinski definition) is 5. The average molecular weight is 320 g/mol. The Balaban J connectivity index is 2.16. The van der Waals surface area contributed by atoms with Crippen molar-refractivity contribution in [2.45, 2.75) is 59.4 Å². The first-order valence-electron chi connectivity index (χ1n) is 7.71. The second kappa shape index (κ2) is 5.87. The normalized spacial score (nSPS) is 16.8. The molecule has 0 saturated heterocycles. The van der Waals surface area contributed by atoms with Crippen molar-refractivity contribution in [1.29, 1.82) is 0 Å². The van der Waals surface area contributed by atoms with E-state index in [9.17, 15) is 9.59 Å². The van der Waals surface area contributed by atoms with Crippen LogP contribution in [-0.4, -0.2) is 23.1 Å². The zero-order valence-corrected chi connectivity index (χ0v) is 14.6. The molecule has 1 atom stereocenters. The Bertz CT molecular complexity index is 625. The number of Topliss-reactive ketones (excluding diaryl/α,β-unsaturated/α-hetero) is 1. The van der Waals surface area contributed by atoms with Gasteiger partial charge >= 0.3 is 5.97 Å². The number of benzene rings is 1. The Hall–Kier alpha value is -2.04. The van der Waals surface area contributed by atoms with Gasteiger partial charge in [-0.05, 0) is 51.8 Å². The maximum atomic E-state index is 12.2. The third kappa shape index (κ3) is 4.47. The van der Waals surface area contributed by atoms with Crippen molar-refractivity contribution in [2.24, 2.45) is 5.92 Å². The fourth-order valence-electron chi connectivity index (χ4n) is 2.40. The van der Waals surface area contributed by atoms with Crippen LogP contribution in [0, 0.1) is 5.92 Å². The van der Waals surface area contributed by atoms with E-state index in [0.29, 0.717) is 11.5 Å². The molecule has 1 aliphatic heterocycles. The van der Waals surface area contributed by atoms with E-state index in [4.69, 9.17) is 14.2 Å². The molecule has 1 heterocycles. The van der Waals surface area contributed by atoms with Gasteiger partial charge in [-0.2, -0.15) is 0 Å². The van der Waals surface area contributed by atoms with Crippen molar-refractivity contribution < 1.29 is 23.8 Å². The van der Waals surface area contributed by atoms with Crippen LogP contribution in [0.5, 0.6) is 11.5 Å². The van der Waals surface area contributed by atoms with Gasteiger partial charge in [0.25, 0.3) is 0 Å². The molecule has 5 nitrogen and oxygen atoms in total. The Morgan fingerprint density at radius 3 is 2.35 bits per heavy atom. The highest BCUT2D eigenvalue weighted by molar-refractivity contribution is 5.98. The summed E-state index contributed by atoms with van der Waals surface area (Å²) in [6.07, 6.45) is 0.279. The lowest BCUT2D eigenvalue weighted by atomic mass is 9.95. The van der Waals surface area contributed by atoms with Crippen LogP contribution in [0.25, 0.3) is 0 Å². The SMILES string of the molecule is CC(=O)[C@H](Cc1ccc2c(c1)OC(C)(C)O2)C(=O)OC(C)(C)C. The van der Waals surface area contributed by atoms with E-state index in [1.807, 2.05) is 26.0 Å². The van der Waals surface area contributed by atoms with Gasteiger partial charge in [-0.25, -0.2) is 0 Å². The molecule has 0 radical (unpaired) electrons. The minimum Gasteiger partial charge on any atom is -0.459 e. The van der Waals surface area contributed by atoms with Crippen molar-refractivity contribution in [3.05, 3.63) is 23.8 Å². The maximum Gasteiger partial charge on any atom is 0.317 e. The van der Waals surface area contributed by atoms with Crippen LogP contribution in [0.4, 0.5) is 0 Å². The van der Waals surface area contributed by atoms with Gasteiger partial charge < -0.3 is 14.2 Å². The second-order valence-electron chi connectivity index (χ2n) is 7.29. The van der Waals surface area contributed by atoms with Crippen LogP contribution in [0.15, 0.2) is 18.2 Å². The summed E-state index contributed by atoms with van der Waals surface area (Å²) in [7, 11) is 0. The van der Waals surface area contributed by atoms with E-state index >= 15 is 0 Å². The summed E-state index contributed by atoms with van der Waals surface area (Å²) in [5.41, 5.74) is 0.208. The fraction of sp³-hybridized carbons (Fsp3) is 0.556. The van der Waals surface area contributed by atoms with Crippen LogP contribution in [-0.2, 0) is 20.7 Å². The molecule has 5 heteroatoms. The van der Waals surface area contributed by atoms with E-state index in [0.717, 1.165) is 5.56 Å². The number of esters is 1. The first-order chi connectivity index (χ1) is 10.5. The number of rotatable bonds is 4. The quantitative estimate of drug-likeness (QED) is 0.629. The molecular formula is C18H24O5. The van der Waals surface area contributed by atoms with Gasteiger partial charge in [0.1, 0.15) is 17.3 Å². The first-order valence-corrected chi connectivity index (χ1v) is 7.71. The van der Waals surface area contributed by atoms with Crippen LogP contribution in [0.3, 0.4) is 0 Å². The summed E-state index contributed by atoms with van der Waals surface area (Å²) in [6.45, 7) is 10.4. The summed E-state index contributed by atoms with van der Waals surface area (Å²) in [5, 5.41) is 0. The number of carbonyl (C=O) groups is 2. The molecule has 1 aliphatic rings. The highest BCUT2D eigenvalue weighted by Gasteiger charge is 2.33. The van der Waals surface area contributed by atoms with Crippen molar-refractivity contribution >= 4 is 11.8 Å². The molecule has 1 aromatic rings. The van der Waals surface area contributed by atoms with Crippen LogP contribution >= 0.6 is 0 Å². The predicted octanol–water partition coefficient (Wildman–Crippen LogP) is 3.28. The van der Waals surface area contributed by atoms with Crippen LogP contribution < -0.4 is 9.47 Å². The number of ketones is 1. The maximum absolute atomic E-state index is 12.2. The Morgan fingerprint density at radius 2 is 1.78 bits per heavy atom. The van der Waals surface area contributed by atoms with Gasteiger partial charge in [0.15, 0.2) is 11.5 Å². The number of ether oxygens (including phenoxy) is 3. The molecule has 1 aromatic carbocycles. The zero-order valence-electron chi connectivity index (χ0n) is 14.6. The number of hydrogen-bond donors (Lipinski definition) is 0. The topological polar surface area (TPSA) is 61.8 Å². The highest BCUT2D eigenvalue weighted by atomic mass is 16.7. The van der Waals surface area contributed by atoms with Crippen LogP contribution in [0.2, 0.25) is 0 Å². The summed E-state index contributed by atoms with van der Waals surface area (Å²) in [4.78, 5) is 24.1. The van der Waals surface area contributed by atoms with Crippen molar-refractivity contribution in [2.75, 3.05) is 0 Å². The standard InChI is InChI=1S/C18H24O5/c1-11(19)13(16(20)23-17(2,3)4)9-12-7-8-14-15(10-12)22-18(5,6)21-14/h7-8,10,13H,9H2,1-6H3/t13-/m0/s1. The lowest BCUT2D eigenvalue weighted by Crippen LogP contribution is -2.33. The van der Waals surface area contributed by atoms with Crippen LogP contribution in [0.1, 0.15) is 47.1 Å². The molecule has 0 aromatic heterocycles. The summed E-state index contributed by atoms with van der Waals surface area (Å²) in [5.74, 6) is -0.941. The summed E-state index contributed by atoms with van der Waals surface area (Å²) in [6, 6.07) is 5.44. The van der Waals surface area contributed by atoms with Gasteiger partial charge in [0.2, 0.25) is 5.79 Å². The molecule has 126 valence electrons. The minimum absolute atomic E-state index is 0.211. The molecule has 0 N–H and O–H groups in total. The molecule has 0 bridgehead atoms. The minimum atomic E-state index is -0.817.